The highest BCUT2D eigenvalue weighted by atomic mass is 16.5. The Morgan fingerprint density at radius 3 is 2.82 bits per heavy atom. The quantitative estimate of drug-likeness (QED) is 0.905. The monoisotopic (exact) mass is 306 g/mol. The van der Waals surface area contributed by atoms with Gasteiger partial charge in [-0.15, -0.1) is 0 Å². The first-order valence-electron chi connectivity index (χ1n) is 8.31. The molecule has 2 fully saturated rings. The zero-order chi connectivity index (χ0) is 15.6. The van der Waals surface area contributed by atoms with E-state index in [1.54, 1.807) is 6.20 Å². The van der Waals surface area contributed by atoms with Crippen molar-refractivity contribution in [2.24, 2.45) is 0 Å². The maximum absolute atomic E-state index is 13.4. The molecular formula is C16H26N4O2. The summed E-state index contributed by atoms with van der Waals surface area (Å²) < 4.78 is 7.77. The van der Waals surface area contributed by atoms with E-state index in [0.29, 0.717) is 13.1 Å². The second kappa shape index (κ2) is 6.38. The number of nitrogens with one attached hydrogen (secondary N) is 1. The average molecular weight is 306 g/mol. The van der Waals surface area contributed by atoms with Gasteiger partial charge >= 0.3 is 0 Å². The number of hydrogen-bond donors (Lipinski definition) is 1. The van der Waals surface area contributed by atoms with Gasteiger partial charge in [-0.1, -0.05) is 6.92 Å². The van der Waals surface area contributed by atoms with Crippen LogP contribution in [0.25, 0.3) is 0 Å². The fourth-order valence-electron chi connectivity index (χ4n) is 3.63. The molecule has 2 aliphatic rings. The number of morpholine rings is 1. The fraction of sp³-hybridized carbons (Fsp3) is 0.750. The molecule has 6 nitrogen and oxygen atoms in total. The number of ether oxygens (including phenoxy) is 1. The van der Waals surface area contributed by atoms with E-state index < -0.39 is 5.54 Å². The molecule has 1 N–H and O–H groups in total. The van der Waals surface area contributed by atoms with Crippen LogP contribution in [-0.4, -0.2) is 59.0 Å². The summed E-state index contributed by atoms with van der Waals surface area (Å²) in [4.78, 5) is 15.4. The van der Waals surface area contributed by atoms with Crippen molar-refractivity contribution in [3.8, 4) is 0 Å². The van der Waals surface area contributed by atoms with E-state index in [1.165, 1.54) is 0 Å². The summed E-state index contributed by atoms with van der Waals surface area (Å²) in [5.41, 5.74) is -0.538. The highest BCUT2D eigenvalue weighted by Gasteiger charge is 2.45. The molecule has 2 atom stereocenters. The van der Waals surface area contributed by atoms with Gasteiger partial charge in [0.2, 0.25) is 0 Å². The Bertz CT molecular complexity index is 496. The van der Waals surface area contributed by atoms with Crippen molar-refractivity contribution in [3.63, 3.8) is 0 Å². The molecule has 122 valence electrons. The molecule has 1 aromatic rings. The predicted octanol–water partition coefficient (Wildman–Crippen LogP) is 0.988. The Balaban J connectivity index is 1.86. The molecule has 0 saturated carbocycles. The first-order chi connectivity index (χ1) is 10.7. The molecule has 2 aliphatic heterocycles. The highest BCUT2D eigenvalue weighted by molar-refractivity contribution is 5.85. The summed E-state index contributed by atoms with van der Waals surface area (Å²) in [7, 11) is 0. The number of rotatable bonds is 3. The standard InChI is InChI=1S/C16H26N4O2/c1-3-14-12-19(11-13(2)22-14)15(21)16(5-8-17-9-6-16)20-10-4-7-18-20/h4,7,10,13-14,17H,3,5-6,8-9,11-12H2,1-2H3. The number of amides is 1. The van der Waals surface area contributed by atoms with Crippen molar-refractivity contribution >= 4 is 5.91 Å². The van der Waals surface area contributed by atoms with E-state index in [9.17, 15) is 4.79 Å². The number of carbonyl (C=O) groups is 1. The number of carbonyl (C=O) groups excluding carboxylic acids is 1. The molecule has 0 spiro atoms. The van der Waals surface area contributed by atoms with E-state index in [4.69, 9.17) is 4.74 Å². The molecule has 2 saturated heterocycles. The number of hydrogen-bond acceptors (Lipinski definition) is 4. The van der Waals surface area contributed by atoms with Crippen LogP contribution in [0.1, 0.15) is 33.1 Å². The third kappa shape index (κ3) is 2.77. The highest BCUT2D eigenvalue weighted by Crippen LogP contribution is 2.30. The zero-order valence-corrected chi connectivity index (χ0v) is 13.5. The molecule has 2 unspecified atom stereocenters. The van der Waals surface area contributed by atoms with E-state index in [0.717, 1.165) is 32.4 Å². The Labute approximate surface area is 131 Å². The Kier molecular flexibility index (Phi) is 4.49. The van der Waals surface area contributed by atoms with Crippen LogP contribution in [0.5, 0.6) is 0 Å². The molecular weight excluding hydrogens is 280 g/mol. The maximum Gasteiger partial charge on any atom is 0.250 e. The van der Waals surface area contributed by atoms with Crippen LogP contribution in [0.2, 0.25) is 0 Å². The first-order valence-corrected chi connectivity index (χ1v) is 8.31. The van der Waals surface area contributed by atoms with Gasteiger partial charge in [0, 0.05) is 25.5 Å². The van der Waals surface area contributed by atoms with Gasteiger partial charge in [0.25, 0.3) is 5.91 Å². The smallest absolute Gasteiger partial charge is 0.250 e. The van der Waals surface area contributed by atoms with Crippen LogP contribution in [0, 0.1) is 0 Å². The van der Waals surface area contributed by atoms with Crippen molar-refractivity contribution in [2.45, 2.75) is 50.9 Å². The number of piperidine rings is 1. The van der Waals surface area contributed by atoms with Crippen molar-refractivity contribution < 1.29 is 9.53 Å². The van der Waals surface area contributed by atoms with Gasteiger partial charge in [-0.3, -0.25) is 9.48 Å². The van der Waals surface area contributed by atoms with Crippen LogP contribution >= 0.6 is 0 Å². The summed E-state index contributed by atoms with van der Waals surface area (Å²) in [5.74, 6) is 0.200. The molecule has 3 rings (SSSR count). The Hall–Kier alpha value is -1.40. The van der Waals surface area contributed by atoms with Crippen LogP contribution in [0.4, 0.5) is 0 Å². The van der Waals surface area contributed by atoms with Crippen molar-refractivity contribution in [2.75, 3.05) is 26.2 Å². The summed E-state index contributed by atoms with van der Waals surface area (Å²) >= 11 is 0. The van der Waals surface area contributed by atoms with Gasteiger partial charge in [-0.25, -0.2) is 0 Å². The molecule has 0 aromatic carbocycles. The molecule has 0 bridgehead atoms. The number of nitrogens with zero attached hydrogens (tertiary/aromatic N) is 3. The SMILES string of the molecule is CCC1CN(C(=O)C2(n3cccn3)CCNCC2)CC(C)O1. The van der Waals surface area contributed by atoms with E-state index in [-0.39, 0.29) is 18.1 Å². The minimum atomic E-state index is -0.538. The lowest BCUT2D eigenvalue weighted by Crippen LogP contribution is -2.59. The summed E-state index contributed by atoms with van der Waals surface area (Å²) in [6.45, 7) is 7.22. The third-order valence-electron chi connectivity index (χ3n) is 4.84. The molecule has 0 radical (unpaired) electrons. The van der Waals surface area contributed by atoms with Gasteiger partial charge in [0.05, 0.1) is 12.2 Å². The second-order valence-electron chi connectivity index (χ2n) is 6.42. The molecule has 0 aliphatic carbocycles. The van der Waals surface area contributed by atoms with E-state index >= 15 is 0 Å². The van der Waals surface area contributed by atoms with Gasteiger partial charge in [-0.2, -0.15) is 5.10 Å². The zero-order valence-electron chi connectivity index (χ0n) is 13.5. The first kappa shape index (κ1) is 15.5. The van der Waals surface area contributed by atoms with Gasteiger partial charge in [-0.05, 0) is 45.3 Å². The minimum absolute atomic E-state index is 0.0963. The van der Waals surface area contributed by atoms with Gasteiger partial charge in [0.15, 0.2) is 0 Å². The lowest BCUT2D eigenvalue weighted by Gasteiger charge is -2.44. The van der Waals surface area contributed by atoms with Crippen molar-refractivity contribution in [3.05, 3.63) is 18.5 Å². The Morgan fingerprint density at radius 2 is 2.18 bits per heavy atom. The van der Waals surface area contributed by atoms with Crippen molar-refractivity contribution in [1.82, 2.24) is 20.0 Å². The summed E-state index contributed by atoms with van der Waals surface area (Å²) in [6, 6.07) is 1.90. The molecule has 22 heavy (non-hydrogen) atoms. The average Bonchev–Trinajstić information content (AvgIpc) is 3.09. The maximum atomic E-state index is 13.4. The predicted molar refractivity (Wildman–Crippen MR) is 83.5 cm³/mol. The van der Waals surface area contributed by atoms with Crippen LogP contribution in [0.3, 0.4) is 0 Å². The lowest BCUT2D eigenvalue weighted by molar-refractivity contribution is -0.156. The van der Waals surface area contributed by atoms with E-state index in [1.807, 2.05) is 28.8 Å². The molecule has 3 heterocycles. The summed E-state index contributed by atoms with van der Waals surface area (Å²) in [5, 5.41) is 7.75. The second-order valence-corrected chi connectivity index (χ2v) is 6.42. The fourth-order valence-corrected chi connectivity index (χ4v) is 3.63. The molecule has 1 aromatic heterocycles. The lowest BCUT2D eigenvalue weighted by atomic mass is 9.86. The Morgan fingerprint density at radius 1 is 1.41 bits per heavy atom. The molecule has 6 heteroatoms. The van der Waals surface area contributed by atoms with E-state index in [2.05, 4.69) is 17.3 Å². The number of aromatic nitrogens is 2. The van der Waals surface area contributed by atoms with Crippen LogP contribution < -0.4 is 5.32 Å². The van der Waals surface area contributed by atoms with Crippen molar-refractivity contribution in [1.29, 1.82) is 0 Å². The normalized spacial score (nSPS) is 28.5. The van der Waals surface area contributed by atoms with Crippen LogP contribution in [0.15, 0.2) is 18.5 Å². The third-order valence-corrected chi connectivity index (χ3v) is 4.84. The van der Waals surface area contributed by atoms with Crippen LogP contribution in [-0.2, 0) is 15.1 Å². The molecule has 1 amide bonds. The minimum Gasteiger partial charge on any atom is -0.372 e. The van der Waals surface area contributed by atoms with Gasteiger partial charge in [0.1, 0.15) is 5.54 Å². The summed E-state index contributed by atoms with van der Waals surface area (Å²) in [6.07, 6.45) is 6.43. The topological polar surface area (TPSA) is 59.4 Å². The van der Waals surface area contributed by atoms with Gasteiger partial charge < -0.3 is 15.0 Å². The largest absolute Gasteiger partial charge is 0.372 e.